The number of halogens is 1. The normalized spacial score (nSPS) is 9.75. The topological polar surface area (TPSA) is 94.0 Å². The van der Waals surface area contributed by atoms with Gasteiger partial charge in [0.25, 0.3) is 5.91 Å². The largest absolute Gasteiger partial charge is 0.408 e. The number of aryl methyl sites for hydroxylation is 1. The number of amides is 1. The van der Waals surface area contributed by atoms with Crippen LogP contribution in [0.4, 0.5) is 10.4 Å². The first-order valence-corrected chi connectivity index (χ1v) is 5.70. The Balaban J connectivity index is 2.16. The average Bonchev–Trinajstić information content (AvgIpc) is 2.82. The van der Waals surface area contributed by atoms with Gasteiger partial charge in [-0.15, -0.1) is 5.10 Å². The van der Waals surface area contributed by atoms with E-state index < -0.39 is 11.7 Å². The van der Waals surface area contributed by atoms with Gasteiger partial charge in [0.15, 0.2) is 0 Å². The van der Waals surface area contributed by atoms with Gasteiger partial charge < -0.3 is 10.2 Å². The summed E-state index contributed by atoms with van der Waals surface area (Å²) in [7, 11) is 0. The Hall–Kier alpha value is -2.72. The summed E-state index contributed by atoms with van der Waals surface area (Å²) in [5, 5.41) is 9.54. The molecule has 3 N–H and O–H groups in total. The van der Waals surface area contributed by atoms with Crippen LogP contribution in [0.3, 0.4) is 0 Å². The summed E-state index contributed by atoms with van der Waals surface area (Å²) in [6.07, 6.45) is 0. The van der Waals surface area contributed by atoms with Crippen molar-refractivity contribution in [1.29, 1.82) is 0 Å². The van der Waals surface area contributed by atoms with E-state index in [4.69, 9.17) is 10.2 Å². The molecule has 0 spiro atoms. The molecule has 0 aliphatic heterocycles. The summed E-state index contributed by atoms with van der Waals surface area (Å²) in [5.74, 6) is 4.28. The number of nitrogens with two attached hydrogens (primary N) is 1. The molecule has 0 saturated carbocycles. The maximum Gasteiger partial charge on any atom is 0.322 e. The molecule has 2 rings (SSSR count). The van der Waals surface area contributed by atoms with Gasteiger partial charge in [-0.25, -0.2) is 4.39 Å². The summed E-state index contributed by atoms with van der Waals surface area (Å²) in [6, 6.07) is 3.90. The molecule has 0 unspecified atom stereocenters. The van der Waals surface area contributed by atoms with E-state index in [0.717, 1.165) is 6.07 Å². The predicted molar refractivity (Wildman–Crippen MR) is 69.3 cm³/mol. The van der Waals surface area contributed by atoms with Crippen LogP contribution in [0, 0.1) is 24.6 Å². The van der Waals surface area contributed by atoms with Gasteiger partial charge in [0.2, 0.25) is 5.89 Å². The number of carbonyl (C=O) groups is 1. The van der Waals surface area contributed by atoms with Crippen LogP contribution in [0.5, 0.6) is 0 Å². The van der Waals surface area contributed by atoms with Gasteiger partial charge in [-0.3, -0.25) is 10.1 Å². The molecule has 0 bridgehead atoms. The van der Waals surface area contributed by atoms with Crippen molar-refractivity contribution in [3.05, 3.63) is 41.0 Å². The predicted octanol–water partition coefficient (Wildman–Crippen LogP) is 1.08. The van der Waals surface area contributed by atoms with E-state index in [2.05, 4.69) is 27.4 Å². The van der Waals surface area contributed by atoms with E-state index in [9.17, 15) is 9.18 Å². The first-order chi connectivity index (χ1) is 9.60. The third-order valence-corrected chi connectivity index (χ3v) is 2.30. The Morgan fingerprint density at radius 2 is 2.30 bits per heavy atom. The van der Waals surface area contributed by atoms with Gasteiger partial charge >= 0.3 is 6.01 Å². The fourth-order valence-electron chi connectivity index (χ4n) is 1.42. The van der Waals surface area contributed by atoms with Crippen molar-refractivity contribution in [3.8, 4) is 11.8 Å². The summed E-state index contributed by atoms with van der Waals surface area (Å²) in [4.78, 5) is 11.8. The van der Waals surface area contributed by atoms with E-state index in [1.807, 2.05) is 0 Å². The Morgan fingerprint density at radius 3 is 2.90 bits per heavy atom. The van der Waals surface area contributed by atoms with E-state index >= 15 is 0 Å². The number of aromatic nitrogens is 2. The first-order valence-electron chi connectivity index (χ1n) is 5.70. The summed E-state index contributed by atoms with van der Waals surface area (Å²) in [6.45, 7) is 1.73. The lowest BCUT2D eigenvalue weighted by Gasteiger charge is -2.02. The van der Waals surface area contributed by atoms with Crippen LogP contribution >= 0.6 is 0 Å². The molecule has 2 aromatic rings. The second-order valence-electron chi connectivity index (χ2n) is 3.78. The standard InChI is InChI=1S/C13H11FN4O2/c1-8-17-18-13(20-8)16-12(19)10-5-4-9(3-2-6-15)11(14)7-10/h4-5,7H,6,15H2,1H3,(H,16,18,19). The lowest BCUT2D eigenvalue weighted by molar-refractivity contribution is 0.102. The molecule has 7 heteroatoms. The molecule has 6 nitrogen and oxygen atoms in total. The molecule has 0 fully saturated rings. The molecule has 1 aromatic carbocycles. The van der Waals surface area contributed by atoms with Crippen LogP contribution < -0.4 is 11.1 Å². The maximum absolute atomic E-state index is 13.7. The highest BCUT2D eigenvalue weighted by Crippen LogP contribution is 2.12. The monoisotopic (exact) mass is 274 g/mol. The van der Waals surface area contributed by atoms with E-state index in [1.165, 1.54) is 12.1 Å². The first kappa shape index (κ1) is 13.7. The van der Waals surface area contributed by atoms with Crippen molar-refractivity contribution in [1.82, 2.24) is 10.2 Å². The van der Waals surface area contributed by atoms with Crippen LogP contribution in [-0.2, 0) is 0 Å². The molecule has 0 radical (unpaired) electrons. The molecule has 1 aromatic heterocycles. The molecular weight excluding hydrogens is 263 g/mol. The van der Waals surface area contributed by atoms with Crippen LogP contribution in [-0.4, -0.2) is 22.6 Å². The molecule has 0 aliphatic rings. The van der Waals surface area contributed by atoms with Crippen molar-refractivity contribution in [3.63, 3.8) is 0 Å². The van der Waals surface area contributed by atoms with E-state index in [-0.39, 0.29) is 23.7 Å². The number of hydrogen-bond acceptors (Lipinski definition) is 5. The zero-order valence-electron chi connectivity index (χ0n) is 10.6. The average molecular weight is 274 g/mol. The number of hydrogen-bond donors (Lipinski definition) is 2. The van der Waals surface area contributed by atoms with Crippen LogP contribution in [0.15, 0.2) is 22.6 Å². The highest BCUT2D eigenvalue weighted by molar-refractivity contribution is 6.03. The van der Waals surface area contributed by atoms with Gasteiger partial charge in [0, 0.05) is 12.5 Å². The van der Waals surface area contributed by atoms with Gasteiger partial charge in [0.05, 0.1) is 12.1 Å². The Kier molecular flexibility index (Phi) is 4.08. The van der Waals surface area contributed by atoms with Crippen molar-refractivity contribution >= 4 is 11.9 Å². The van der Waals surface area contributed by atoms with Crippen LogP contribution in [0.2, 0.25) is 0 Å². The molecule has 102 valence electrons. The fraction of sp³-hybridized carbons (Fsp3) is 0.154. The van der Waals surface area contributed by atoms with Crippen molar-refractivity contribution < 1.29 is 13.6 Å². The lowest BCUT2D eigenvalue weighted by Crippen LogP contribution is -2.12. The molecule has 0 aliphatic carbocycles. The van der Waals surface area contributed by atoms with Gasteiger partial charge in [-0.1, -0.05) is 16.9 Å². The van der Waals surface area contributed by atoms with Gasteiger partial charge in [-0.05, 0) is 18.2 Å². The van der Waals surface area contributed by atoms with Gasteiger partial charge in [0.1, 0.15) is 5.82 Å². The number of benzene rings is 1. The summed E-state index contributed by atoms with van der Waals surface area (Å²) >= 11 is 0. The zero-order valence-corrected chi connectivity index (χ0v) is 10.6. The molecule has 1 heterocycles. The fourth-order valence-corrected chi connectivity index (χ4v) is 1.42. The highest BCUT2D eigenvalue weighted by atomic mass is 19.1. The van der Waals surface area contributed by atoms with Crippen molar-refractivity contribution in [2.24, 2.45) is 5.73 Å². The molecular formula is C13H11FN4O2. The summed E-state index contributed by atoms with van der Waals surface area (Å²) < 4.78 is 18.7. The van der Waals surface area contributed by atoms with E-state index in [0.29, 0.717) is 5.89 Å². The quantitative estimate of drug-likeness (QED) is 0.799. The third-order valence-electron chi connectivity index (χ3n) is 2.30. The Bertz CT molecular complexity index is 700. The Morgan fingerprint density at radius 1 is 1.50 bits per heavy atom. The third kappa shape index (κ3) is 3.18. The second kappa shape index (κ2) is 5.95. The second-order valence-corrected chi connectivity index (χ2v) is 3.78. The zero-order chi connectivity index (χ0) is 14.5. The van der Waals surface area contributed by atoms with Crippen LogP contribution in [0.25, 0.3) is 0 Å². The van der Waals surface area contributed by atoms with Crippen LogP contribution in [0.1, 0.15) is 21.8 Å². The van der Waals surface area contributed by atoms with Crippen molar-refractivity contribution in [2.45, 2.75) is 6.92 Å². The highest BCUT2D eigenvalue weighted by Gasteiger charge is 2.12. The molecule has 20 heavy (non-hydrogen) atoms. The number of carbonyl (C=O) groups excluding carboxylic acids is 1. The van der Waals surface area contributed by atoms with Gasteiger partial charge in [-0.2, -0.15) is 0 Å². The maximum atomic E-state index is 13.7. The number of anilines is 1. The van der Waals surface area contributed by atoms with E-state index in [1.54, 1.807) is 6.92 Å². The van der Waals surface area contributed by atoms with Crippen molar-refractivity contribution in [2.75, 3.05) is 11.9 Å². The molecule has 1 amide bonds. The minimum Gasteiger partial charge on any atom is -0.408 e. The summed E-state index contributed by atoms with van der Waals surface area (Å²) in [5.41, 5.74) is 5.51. The minimum absolute atomic E-state index is 0.0418. The molecule has 0 atom stereocenters. The SMILES string of the molecule is Cc1nnc(NC(=O)c2ccc(C#CCN)c(F)c2)o1. The minimum atomic E-state index is -0.597. The molecule has 0 saturated heterocycles. The number of nitrogens with zero attached hydrogens (tertiary/aromatic N) is 2. The number of rotatable bonds is 2. The number of nitrogens with one attached hydrogen (secondary N) is 1. The smallest absolute Gasteiger partial charge is 0.322 e. The Labute approximate surface area is 114 Å². The lowest BCUT2D eigenvalue weighted by atomic mass is 10.1.